The van der Waals surface area contributed by atoms with Crippen LogP contribution in [0.1, 0.15) is 38.7 Å². The van der Waals surface area contributed by atoms with Crippen LogP contribution in [0.4, 0.5) is 0 Å². The number of nitrogens with one attached hydrogen (secondary N) is 1. The van der Waals surface area contributed by atoms with E-state index in [1.54, 1.807) is 6.92 Å². The van der Waals surface area contributed by atoms with Gasteiger partial charge in [0.15, 0.2) is 0 Å². The molecule has 1 aromatic rings. The van der Waals surface area contributed by atoms with E-state index < -0.39 is 0 Å². The Morgan fingerprint density at radius 1 is 1.32 bits per heavy atom. The molecule has 1 aromatic carbocycles. The molecule has 1 rings (SSSR count). The zero-order valence-electron chi connectivity index (χ0n) is 11.8. The van der Waals surface area contributed by atoms with E-state index in [1.165, 1.54) is 12.8 Å². The topological polar surface area (TPSA) is 64.3 Å². The van der Waals surface area contributed by atoms with Gasteiger partial charge in [0.05, 0.1) is 12.6 Å². The van der Waals surface area contributed by atoms with Gasteiger partial charge in [-0.15, -0.1) is 0 Å². The van der Waals surface area contributed by atoms with E-state index in [1.807, 2.05) is 24.3 Å². The molecule has 0 heterocycles. The second-order valence-electron chi connectivity index (χ2n) is 4.70. The third-order valence-electron chi connectivity index (χ3n) is 2.98. The molecule has 1 atom stereocenters. The molecule has 0 fully saturated rings. The minimum absolute atomic E-state index is 0.315. The maximum Gasteiger partial charge on any atom is 0.234 e. The van der Waals surface area contributed by atoms with Gasteiger partial charge in [0.1, 0.15) is 5.75 Å². The van der Waals surface area contributed by atoms with Crippen molar-refractivity contribution in [1.82, 2.24) is 5.32 Å². The van der Waals surface area contributed by atoms with Crippen LogP contribution in [0, 0.1) is 0 Å². The van der Waals surface area contributed by atoms with Crippen molar-refractivity contribution >= 4 is 5.91 Å². The molecule has 106 valence electrons. The summed E-state index contributed by atoms with van der Waals surface area (Å²) < 4.78 is 5.63. The van der Waals surface area contributed by atoms with Crippen molar-refractivity contribution in [2.24, 2.45) is 5.73 Å². The summed E-state index contributed by atoms with van der Waals surface area (Å²) >= 11 is 0. The van der Waals surface area contributed by atoms with Gasteiger partial charge < -0.3 is 15.8 Å². The van der Waals surface area contributed by atoms with Crippen molar-refractivity contribution in [2.45, 2.75) is 45.7 Å². The smallest absolute Gasteiger partial charge is 0.234 e. The van der Waals surface area contributed by atoms with E-state index in [4.69, 9.17) is 10.5 Å². The van der Waals surface area contributed by atoms with Crippen LogP contribution in [0.5, 0.6) is 5.75 Å². The zero-order valence-corrected chi connectivity index (χ0v) is 11.8. The van der Waals surface area contributed by atoms with Crippen LogP contribution in [-0.4, -0.2) is 18.6 Å². The average molecular weight is 264 g/mol. The van der Waals surface area contributed by atoms with Crippen molar-refractivity contribution in [3.05, 3.63) is 29.8 Å². The van der Waals surface area contributed by atoms with Gasteiger partial charge >= 0.3 is 0 Å². The average Bonchev–Trinajstić information content (AvgIpc) is 2.42. The highest BCUT2D eigenvalue weighted by atomic mass is 16.5. The second kappa shape index (κ2) is 8.53. The fourth-order valence-corrected chi connectivity index (χ4v) is 1.62. The molecule has 4 heteroatoms. The normalized spacial score (nSPS) is 12.1. The van der Waals surface area contributed by atoms with Crippen molar-refractivity contribution in [1.29, 1.82) is 0 Å². The van der Waals surface area contributed by atoms with Crippen LogP contribution in [0.25, 0.3) is 0 Å². The number of hydrogen-bond donors (Lipinski definition) is 2. The fraction of sp³-hybridized carbons (Fsp3) is 0.533. The number of carbonyl (C=O) groups is 1. The Morgan fingerprint density at radius 2 is 2.00 bits per heavy atom. The SMILES string of the molecule is CCCCCOc1ccc(CN[C@H](C)C(N)=O)cc1. The van der Waals surface area contributed by atoms with Gasteiger partial charge in [-0.2, -0.15) is 0 Å². The first-order valence-electron chi connectivity index (χ1n) is 6.88. The van der Waals surface area contributed by atoms with Crippen LogP contribution >= 0.6 is 0 Å². The molecule has 0 unspecified atom stereocenters. The van der Waals surface area contributed by atoms with Crippen molar-refractivity contribution in [2.75, 3.05) is 6.61 Å². The molecule has 0 aliphatic heterocycles. The van der Waals surface area contributed by atoms with Gasteiger partial charge in [-0.1, -0.05) is 31.9 Å². The third kappa shape index (κ3) is 6.25. The van der Waals surface area contributed by atoms with Gasteiger partial charge in [-0.3, -0.25) is 4.79 Å². The predicted octanol–water partition coefficient (Wildman–Crippen LogP) is 2.22. The maximum absolute atomic E-state index is 10.9. The summed E-state index contributed by atoms with van der Waals surface area (Å²) in [6, 6.07) is 7.59. The number of benzene rings is 1. The number of hydrogen-bond acceptors (Lipinski definition) is 3. The fourth-order valence-electron chi connectivity index (χ4n) is 1.62. The highest BCUT2D eigenvalue weighted by Crippen LogP contribution is 2.13. The van der Waals surface area contributed by atoms with E-state index >= 15 is 0 Å². The molecule has 0 bridgehead atoms. The lowest BCUT2D eigenvalue weighted by Gasteiger charge is -2.10. The molecule has 0 aromatic heterocycles. The second-order valence-corrected chi connectivity index (χ2v) is 4.70. The van der Waals surface area contributed by atoms with Gasteiger partial charge in [0.25, 0.3) is 0 Å². The van der Waals surface area contributed by atoms with Gasteiger partial charge in [-0.05, 0) is 31.0 Å². The van der Waals surface area contributed by atoms with Gasteiger partial charge in [0.2, 0.25) is 5.91 Å². The lowest BCUT2D eigenvalue weighted by Crippen LogP contribution is -2.38. The molecule has 1 amide bonds. The van der Waals surface area contributed by atoms with Crippen molar-refractivity contribution in [3.63, 3.8) is 0 Å². The maximum atomic E-state index is 10.9. The van der Waals surface area contributed by atoms with E-state index in [0.717, 1.165) is 24.3 Å². The van der Waals surface area contributed by atoms with Crippen LogP contribution in [0.3, 0.4) is 0 Å². The zero-order chi connectivity index (χ0) is 14.1. The minimum atomic E-state index is -0.337. The van der Waals surface area contributed by atoms with E-state index in [9.17, 15) is 4.79 Å². The predicted molar refractivity (Wildman–Crippen MR) is 77.0 cm³/mol. The molecule has 4 nitrogen and oxygen atoms in total. The number of nitrogens with two attached hydrogens (primary N) is 1. The molecule has 0 aliphatic carbocycles. The van der Waals surface area contributed by atoms with Crippen LogP contribution in [-0.2, 0) is 11.3 Å². The highest BCUT2D eigenvalue weighted by Gasteiger charge is 2.06. The number of primary amides is 1. The molecule has 0 saturated heterocycles. The third-order valence-corrected chi connectivity index (χ3v) is 2.98. The lowest BCUT2D eigenvalue weighted by molar-refractivity contribution is -0.119. The van der Waals surface area contributed by atoms with Crippen molar-refractivity contribution < 1.29 is 9.53 Å². The number of unbranched alkanes of at least 4 members (excludes halogenated alkanes) is 2. The standard InChI is InChI=1S/C15H24N2O2/c1-3-4-5-10-19-14-8-6-13(7-9-14)11-17-12(2)15(16)18/h6-9,12,17H,3-5,10-11H2,1-2H3,(H2,16,18)/t12-/m1/s1. The Morgan fingerprint density at radius 3 is 2.58 bits per heavy atom. The summed E-state index contributed by atoms with van der Waals surface area (Å²) in [7, 11) is 0. The van der Waals surface area contributed by atoms with Gasteiger partial charge in [0, 0.05) is 6.54 Å². The van der Waals surface area contributed by atoms with E-state index in [-0.39, 0.29) is 11.9 Å². The van der Waals surface area contributed by atoms with Gasteiger partial charge in [-0.25, -0.2) is 0 Å². The Bertz CT molecular complexity index is 376. The first kappa shape index (κ1) is 15.5. The molecule has 0 spiro atoms. The molecule has 19 heavy (non-hydrogen) atoms. The summed E-state index contributed by atoms with van der Waals surface area (Å²) in [6.45, 7) is 5.33. The Labute approximate surface area is 115 Å². The highest BCUT2D eigenvalue weighted by molar-refractivity contribution is 5.79. The summed E-state index contributed by atoms with van der Waals surface area (Å²) in [5.41, 5.74) is 6.29. The molecule has 0 radical (unpaired) electrons. The first-order chi connectivity index (χ1) is 9.13. The minimum Gasteiger partial charge on any atom is -0.494 e. The van der Waals surface area contributed by atoms with Crippen LogP contribution < -0.4 is 15.8 Å². The van der Waals surface area contributed by atoms with Crippen LogP contribution in [0.2, 0.25) is 0 Å². The number of amides is 1. The largest absolute Gasteiger partial charge is 0.494 e. The molecular weight excluding hydrogens is 240 g/mol. The first-order valence-corrected chi connectivity index (χ1v) is 6.88. The Kier molecular flexibility index (Phi) is 6.97. The monoisotopic (exact) mass is 264 g/mol. The molecule has 3 N–H and O–H groups in total. The number of ether oxygens (including phenoxy) is 1. The van der Waals surface area contributed by atoms with Crippen LogP contribution in [0.15, 0.2) is 24.3 Å². The summed E-state index contributed by atoms with van der Waals surface area (Å²) in [4.78, 5) is 10.9. The van der Waals surface area contributed by atoms with Crippen molar-refractivity contribution in [3.8, 4) is 5.75 Å². The molecule has 0 aliphatic rings. The van der Waals surface area contributed by atoms with E-state index in [2.05, 4.69) is 12.2 Å². The Hall–Kier alpha value is -1.55. The number of rotatable bonds is 9. The quantitative estimate of drug-likeness (QED) is 0.672. The number of carbonyl (C=O) groups excluding carboxylic acids is 1. The van der Waals surface area contributed by atoms with E-state index in [0.29, 0.717) is 6.54 Å². The Balaban J connectivity index is 2.33. The lowest BCUT2D eigenvalue weighted by atomic mass is 10.2. The summed E-state index contributed by atoms with van der Waals surface area (Å²) in [5.74, 6) is 0.554. The summed E-state index contributed by atoms with van der Waals surface area (Å²) in [5, 5.41) is 3.06. The molecular formula is C15H24N2O2. The molecule has 0 saturated carbocycles. The summed E-state index contributed by atoms with van der Waals surface area (Å²) in [6.07, 6.45) is 3.49.